The van der Waals surface area contributed by atoms with E-state index < -0.39 is 0 Å². The van der Waals surface area contributed by atoms with Crippen LogP contribution in [-0.4, -0.2) is 41.4 Å². The van der Waals surface area contributed by atoms with Crippen LogP contribution >= 0.6 is 11.3 Å². The molecule has 0 saturated heterocycles. The van der Waals surface area contributed by atoms with Crippen molar-refractivity contribution in [2.45, 2.75) is 39.8 Å². The Bertz CT molecular complexity index is 718. The molecule has 1 N–H and O–H groups in total. The lowest BCUT2D eigenvalue weighted by molar-refractivity contribution is -0.137. The summed E-state index contributed by atoms with van der Waals surface area (Å²) >= 11 is 1.40. The van der Waals surface area contributed by atoms with Gasteiger partial charge in [0.05, 0.1) is 13.2 Å². The first-order valence-electron chi connectivity index (χ1n) is 9.26. The van der Waals surface area contributed by atoms with Crippen LogP contribution in [0.3, 0.4) is 0 Å². The maximum absolute atomic E-state index is 12.5. The third-order valence-corrected chi connectivity index (χ3v) is 4.66. The number of hydrogen-bond acceptors (Lipinski definition) is 5. The monoisotopic (exact) mass is 389 g/mol. The quantitative estimate of drug-likeness (QED) is 0.640. The summed E-state index contributed by atoms with van der Waals surface area (Å²) in [6.45, 7) is 6.12. The largest absolute Gasteiger partial charge is 0.367 e. The molecular formula is C20H27N3O3S. The minimum atomic E-state index is -0.168. The molecule has 0 atom stereocenters. The van der Waals surface area contributed by atoms with Crippen LogP contribution in [0.25, 0.3) is 0 Å². The van der Waals surface area contributed by atoms with Gasteiger partial charge in [-0.3, -0.25) is 9.59 Å². The van der Waals surface area contributed by atoms with E-state index >= 15 is 0 Å². The molecule has 2 rings (SSSR count). The summed E-state index contributed by atoms with van der Waals surface area (Å²) in [5.41, 5.74) is 1.45. The molecule has 0 aliphatic rings. The Labute approximate surface area is 164 Å². The van der Waals surface area contributed by atoms with E-state index in [1.807, 2.05) is 44.2 Å². The third-order valence-electron chi connectivity index (χ3n) is 3.83. The summed E-state index contributed by atoms with van der Waals surface area (Å²) in [6, 6.07) is 9.77. The van der Waals surface area contributed by atoms with Crippen molar-refractivity contribution >= 4 is 23.2 Å². The topological polar surface area (TPSA) is 71.5 Å². The van der Waals surface area contributed by atoms with Crippen molar-refractivity contribution in [3.63, 3.8) is 0 Å². The lowest BCUT2D eigenvalue weighted by atomic mass is 10.2. The van der Waals surface area contributed by atoms with Crippen LogP contribution in [0.15, 0.2) is 35.7 Å². The van der Waals surface area contributed by atoms with Crippen molar-refractivity contribution in [2.24, 2.45) is 0 Å². The Morgan fingerprint density at radius 1 is 1.19 bits per heavy atom. The molecular weight excluding hydrogens is 362 g/mol. The number of carbonyl (C=O) groups excluding carboxylic acids is 2. The second-order valence-electron chi connectivity index (χ2n) is 6.18. The lowest BCUT2D eigenvalue weighted by Crippen LogP contribution is -2.34. The van der Waals surface area contributed by atoms with Crippen molar-refractivity contribution in [2.75, 3.05) is 19.7 Å². The smallest absolute Gasteiger partial charge is 0.270 e. The fraction of sp³-hybridized carbons (Fsp3) is 0.450. The van der Waals surface area contributed by atoms with Crippen LogP contribution < -0.4 is 5.32 Å². The zero-order chi connectivity index (χ0) is 19.5. The summed E-state index contributed by atoms with van der Waals surface area (Å²) in [4.78, 5) is 30.6. The summed E-state index contributed by atoms with van der Waals surface area (Å²) in [5, 5.41) is 5.30. The number of ether oxygens (including phenoxy) is 1. The van der Waals surface area contributed by atoms with Crippen molar-refractivity contribution in [3.8, 4) is 0 Å². The molecule has 0 saturated carbocycles. The van der Waals surface area contributed by atoms with Crippen molar-refractivity contribution in [1.82, 2.24) is 15.2 Å². The van der Waals surface area contributed by atoms with Crippen LogP contribution in [0.1, 0.15) is 47.7 Å². The fourth-order valence-corrected chi connectivity index (χ4v) is 3.25. The van der Waals surface area contributed by atoms with Crippen molar-refractivity contribution in [3.05, 3.63) is 52.0 Å². The van der Waals surface area contributed by atoms with Gasteiger partial charge >= 0.3 is 0 Å². The van der Waals surface area contributed by atoms with E-state index in [0.717, 1.165) is 23.4 Å². The SMILES string of the molecule is CCCNC(=O)c1csc(CN(CCC)C(=O)COCc2ccccc2)n1. The molecule has 1 aromatic heterocycles. The van der Waals surface area contributed by atoms with Gasteiger partial charge < -0.3 is 15.0 Å². The van der Waals surface area contributed by atoms with E-state index in [2.05, 4.69) is 10.3 Å². The first-order chi connectivity index (χ1) is 13.1. The van der Waals surface area contributed by atoms with Crippen LogP contribution in [0.2, 0.25) is 0 Å². The molecule has 0 radical (unpaired) electrons. The molecule has 146 valence electrons. The van der Waals surface area contributed by atoms with Gasteiger partial charge in [0.1, 0.15) is 17.3 Å². The second kappa shape index (κ2) is 11.5. The molecule has 0 bridgehead atoms. The summed E-state index contributed by atoms with van der Waals surface area (Å²) in [6.07, 6.45) is 1.73. The molecule has 2 amide bonds. The van der Waals surface area contributed by atoms with Gasteiger partial charge in [0.15, 0.2) is 0 Å². The van der Waals surface area contributed by atoms with Gasteiger partial charge in [-0.05, 0) is 18.4 Å². The standard InChI is InChI=1S/C20H27N3O3S/c1-3-10-21-20(25)17-15-27-18(22-17)12-23(11-4-2)19(24)14-26-13-16-8-6-5-7-9-16/h5-9,15H,3-4,10-14H2,1-2H3,(H,21,25). The number of thiazole rings is 1. The Morgan fingerprint density at radius 3 is 2.67 bits per heavy atom. The minimum absolute atomic E-state index is 0.0319. The number of rotatable bonds is 11. The number of nitrogens with one attached hydrogen (secondary N) is 1. The second-order valence-corrected chi connectivity index (χ2v) is 7.12. The summed E-state index contributed by atoms with van der Waals surface area (Å²) in [5.74, 6) is -0.237. The predicted molar refractivity (Wildman–Crippen MR) is 107 cm³/mol. The normalized spacial score (nSPS) is 10.6. The van der Waals surface area contributed by atoms with Gasteiger partial charge in [0.25, 0.3) is 5.91 Å². The van der Waals surface area contributed by atoms with E-state index in [-0.39, 0.29) is 18.4 Å². The average molecular weight is 390 g/mol. The van der Waals surface area contributed by atoms with Gasteiger partial charge in [0, 0.05) is 18.5 Å². The maximum atomic E-state index is 12.5. The zero-order valence-corrected chi connectivity index (χ0v) is 16.8. The van der Waals surface area contributed by atoms with Gasteiger partial charge in [-0.25, -0.2) is 4.98 Å². The van der Waals surface area contributed by atoms with E-state index in [9.17, 15) is 9.59 Å². The third kappa shape index (κ3) is 7.11. The highest BCUT2D eigenvalue weighted by molar-refractivity contribution is 7.09. The Hall–Kier alpha value is -2.25. The predicted octanol–water partition coefficient (Wildman–Crippen LogP) is 3.24. The molecule has 0 unspecified atom stereocenters. The summed E-state index contributed by atoms with van der Waals surface area (Å²) in [7, 11) is 0. The molecule has 6 nitrogen and oxygen atoms in total. The molecule has 0 spiro atoms. The highest BCUT2D eigenvalue weighted by Crippen LogP contribution is 2.13. The van der Waals surface area contributed by atoms with Gasteiger partial charge in [-0.2, -0.15) is 0 Å². The number of benzene rings is 1. The number of amides is 2. The van der Waals surface area contributed by atoms with Crippen LogP contribution in [0, 0.1) is 0 Å². The molecule has 0 aliphatic carbocycles. The highest BCUT2D eigenvalue weighted by Gasteiger charge is 2.17. The molecule has 27 heavy (non-hydrogen) atoms. The maximum Gasteiger partial charge on any atom is 0.270 e. The average Bonchev–Trinajstić information content (AvgIpc) is 3.15. The molecule has 0 aliphatic heterocycles. The Kier molecular flexibility index (Phi) is 8.94. The van der Waals surface area contributed by atoms with Gasteiger partial charge in [-0.1, -0.05) is 44.2 Å². The van der Waals surface area contributed by atoms with E-state index in [1.165, 1.54) is 11.3 Å². The van der Waals surface area contributed by atoms with Crippen LogP contribution in [0.4, 0.5) is 0 Å². The summed E-state index contributed by atoms with van der Waals surface area (Å²) < 4.78 is 5.56. The minimum Gasteiger partial charge on any atom is -0.367 e. The Balaban J connectivity index is 1.87. The van der Waals surface area contributed by atoms with Gasteiger partial charge in [0.2, 0.25) is 5.91 Å². The van der Waals surface area contributed by atoms with Crippen molar-refractivity contribution < 1.29 is 14.3 Å². The van der Waals surface area contributed by atoms with Gasteiger partial charge in [-0.15, -0.1) is 11.3 Å². The number of carbonyl (C=O) groups is 2. The number of nitrogens with zero attached hydrogens (tertiary/aromatic N) is 2. The van der Waals surface area contributed by atoms with E-state index in [1.54, 1.807) is 10.3 Å². The molecule has 1 heterocycles. The Morgan fingerprint density at radius 2 is 1.96 bits per heavy atom. The molecule has 2 aromatic rings. The fourth-order valence-electron chi connectivity index (χ4n) is 2.46. The number of aromatic nitrogens is 1. The molecule has 7 heteroatoms. The van der Waals surface area contributed by atoms with Crippen LogP contribution in [0.5, 0.6) is 0 Å². The zero-order valence-electron chi connectivity index (χ0n) is 15.9. The lowest BCUT2D eigenvalue weighted by Gasteiger charge is -2.21. The van der Waals surface area contributed by atoms with E-state index in [0.29, 0.717) is 31.9 Å². The highest BCUT2D eigenvalue weighted by atomic mass is 32.1. The first-order valence-corrected chi connectivity index (χ1v) is 10.1. The van der Waals surface area contributed by atoms with Crippen LogP contribution in [-0.2, 0) is 22.7 Å². The van der Waals surface area contributed by atoms with E-state index in [4.69, 9.17) is 4.74 Å². The molecule has 0 fully saturated rings. The first kappa shape index (κ1) is 21.1. The molecule has 1 aromatic carbocycles. The van der Waals surface area contributed by atoms with Crippen molar-refractivity contribution in [1.29, 1.82) is 0 Å². The number of hydrogen-bond donors (Lipinski definition) is 1.